The van der Waals surface area contributed by atoms with E-state index in [2.05, 4.69) is 0 Å². The maximum Gasteiger partial charge on any atom is 0.326 e. The minimum absolute atomic E-state index is 0.132. The molecule has 22 heavy (non-hydrogen) atoms. The molecule has 1 unspecified atom stereocenters. The maximum atomic E-state index is 11.4. The van der Waals surface area contributed by atoms with Crippen molar-refractivity contribution in [3.05, 3.63) is 30.3 Å². The predicted molar refractivity (Wildman–Crippen MR) is 81.7 cm³/mol. The van der Waals surface area contributed by atoms with E-state index in [-0.39, 0.29) is 6.42 Å². The second-order valence-corrected chi connectivity index (χ2v) is 5.05. The van der Waals surface area contributed by atoms with E-state index in [1.54, 1.807) is 30.3 Å². The van der Waals surface area contributed by atoms with Crippen molar-refractivity contribution in [3.63, 3.8) is 0 Å². The molecule has 1 amide bonds. The zero-order valence-electron chi connectivity index (χ0n) is 12.4. The molecule has 0 radical (unpaired) electrons. The highest BCUT2D eigenvalue weighted by molar-refractivity contribution is 5.87. The Bertz CT molecular complexity index is 489. The summed E-state index contributed by atoms with van der Waals surface area (Å²) in [5, 5.41) is 17.9. The second-order valence-electron chi connectivity index (χ2n) is 5.05. The van der Waals surface area contributed by atoms with E-state index >= 15 is 0 Å². The highest BCUT2D eigenvalue weighted by atomic mass is 16.4. The number of nitrogens with zero attached hydrogens (tertiary/aromatic N) is 1. The third kappa shape index (κ3) is 5.95. The molecule has 1 aromatic rings. The van der Waals surface area contributed by atoms with Crippen LogP contribution in [0.3, 0.4) is 0 Å². The summed E-state index contributed by atoms with van der Waals surface area (Å²) in [5.74, 6) is -1.86. The number of rotatable bonds is 11. The van der Waals surface area contributed by atoms with Gasteiger partial charge in [-0.1, -0.05) is 37.5 Å². The quantitative estimate of drug-likeness (QED) is 0.484. The zero-order chi connectivity index (χ0) is 16.4. The standard InChI is InChI=1S/C16H21NO5/c18-12-17(13-8-4-3-5-9-13)14(16(21)22)10-6-1-2-7-11-15(19)20/h3-5,8-9,12,14H,1-2,6-7,10-11H2,(H,19,20)(H,21,22). The van der Waals surface area contributed by atoms with Gasteiger partial charge in [0.25, 0.3) is 0 Å². The summed E-state index contributed by atoms with van der Waals surface area (Å²) in [5.41, 5.74) is 0.552. The van der Waals surface area contributed by atoms with Gasteiger partial charge in [0.1, 0.15) is 6.04 Å². The molecule has 0 aliphatic carbocycles. The number of anilines is 1. The van der Waals surface area contributed by atoms with Crippen LogP contribution in [0.4, 0.5) is 5.69 Å². The van der Waals surface area contributed by atoms with Gasteiger partial charge in [-0.05, 0) is 25.0 Å². The number of hydrogen-bond donors (Lipinski definition) is 2. The molecule has 0 aromatic heterocycles. The van der Waals surface area contributed by atoms with E-state index in [9.17, 15) is 19.5 Å². The minimum Gasteiger partial charge on any atom is -0.481 e. The molecule has 2 N–H and O–H groups in total. The van der Waals surface area contributed by atoms with E-state index in [1.165, 1.54) is 4.90 Å². The molecule has 0 saturated carbocycles. The topological polar surface area (TPSA) is 94.9 Å². The molecule has 1 aromatic carbocycles. The molecule has 0 saturated heterocycles. The third-order valence-corrected chi connectivity index (χ3v) is 3.41. The Kier molecular flexibility index (Phi) is 7.67. The Morgan fingerprint density at radius 3 is 2.23 bits per heavy atom. The van der Waals surface area contributed by atoms with Crippen molar-refractivity contribution in [2.24, 2.45) is 0 Å². The molecule has 0 bridgehead atoms. The van der Waals surface area contributed by atoms with E-state index in [1.807, 2.05) is 0 Å². The van der Waals surface area contributed by atoms with Crippen molar-refractivity contribution in [1.82, 2.24) is 0 Å². The number of unbranched alkanes of at least 4 members (excludes halogenated alkanes) is 3. The molecular weight excluding hydrogens is 286 g/mol. The van der Waals surface area contributed by atoms with Gasteiger partial charge in [0.05, 0.1) is 0 Å². The Morgan fingerprint density at radius 1 is 1.05 bits per heavy atom. The fourth-order valence-electron chi connectivity index (χ4n) is 2.26. The van der Waals surface area contributed by atoms with Gasteiger partial charge < -0.3 is 15.1 Å². The van der Waals surface area contributed by atoms with Gasteiger partial charge in [0.15, 0.2) is 0 Å². The van der Waals surface area contributed by atoms with Crippen molar-refractivity contribution in [3.8, 4) is 0 Å². The first kappa shape index (κ1) is 17.7. The number of carbonyl (C=O) groups excluding carboxylic acids is 1. The van der Waals surface area contributed by atoms with Crippen LogP contribution in [0.5, 0.6) is 0 Å². The molecule has 0 aliphatic rings. The summed E-state index contributed by atoms with van der Waals surface area (Å²) >= 11 is 0. The highest BCUT2D eigenvalue weighted by Crippen LogP contribution is 2.19. The summed E-state index contributed by atoms with van der Waals surface area (Å²) in [6, 6.07) is 7.77. The Morgan fingerprint density at radius 2 is 1.68 bits per heavy atom. The van der Waals surface area contributed by atoms with Gasteiger partial charge in [-0.2, -0.15) is 0 Å². The van der Waals surface area contributed by atoms with Crippen LogP contribution in [-0.4, -0.2) is 34.6 Å². The number of para-hydroxylation sites is 1. The first-order valence-electron chi connectivity index (χ1n) is 7.29. The number of carboxylic acid groups (broad SMARTS) is 2. The van der Waals surface area contributed by atoms with Crippen LogP contribution >= 0.6 is 0 Å². The Hall–Kier alpha value is -2.37. The van der Waals surface area contributed by atoms with E-state index < -0.39 is 18.0 Å². The molecule has 0 fully saturated rings. The Labute approximate surface area is 129 Å². The van der Waals surface area contributed by atoms with Gasteiger partial charge >= 0.3 is 11.9 Å². The third-order valence-electron chi connectivity index (χ3n) is 3.41. The largest absolute Gasteiger partial charge is 0.481 e. The molecule has 6 heteroatoms. The smallest absolute Gasteiger partial charge is 0.326 e. The van der Waals surface area contributed by atoms with Crippen molar-refractivity contribution >= 4 is 24.0 Å². The lowest BCUT2D eigenvalue weighted by Gasteiger charge is -2.25. The van der Waals surface area contributed by atoms with Gasteiger partial charge in [-0.3, -0.25) is 9.59 Å². The van der Waals surface area contributed by atoms with Crippen molar-refractivity contribution in [2.45, 2.75) is 44.6 Å². The maximum absolute atomic E-state index is 11.4. The van der Waals surface area contributed by atoms with E-state index in [0.29, 0.717) is 31.4 Å². The number of aliphatic carboxylic acids is 2. The van der Waals surface area contributed by atoms with Gasteiger partial charge in [-0.25, -0.2) is 4.79 Å². The molecule has 0 aliphatic heterocycles. The molecular formula is C16H21NO5. The van der Waals surface area contributed by atoms with Crippen molar-refractivity contribution in [2.75, 3.05) is 4.90 Å². The monoisotopic (exact) mass is 307 g/mol. The van der Waals surface area contributed by atoms with E-state index in [0.717, 1.165) is 12.8 Å². The summed E-state index contributed by atoms with van der Waals surface area (Å²) < 4.78 is 0. The average molecular weight is 307 g/mol. The number of benzene rings is 1. The lowest BCUT2D eigenvalue weighted by Crippen LogP contribution is -2.40. The van der Waals surface area contributed by atoms with Gasteiger partial charge in [0.2, 0.25) is 6.41 Å². The summed E-state index contributed by atoms with van der Waals surface area (Å²) in [4.78, 5) is 34.3. The van der Waals surface area contributed by atoms with Gasteiger partial charge in [0, 0.05) is 12.1 Å². The van der Waals surface area contributed by atoms with Gasteiger partial charge in [-0.15, -0.1) is 0 Å². The summed E-state index contributed by atoms with van der Waals surface area (Å²) in [6.07, 6.45) is 3.72. The second kappa shape index (κ2) is 9.55. The zero-order valence-corrected chi connectivity index (χ0v) is 12.4. The molecule has 0 spiro atoms. The number of amides is 1. The van der Waals surface area contributed by atoms with Crippen molar-refractivity contribution < 1.29 is 24.6 Å². The number of carbonyl (C=O) groups is 3. The minimum atomic E-state index is -1.04. The lowest BCUT2D eigenvalue weighted by molar-refractivity contribution is -0.139. The fraction of sp³-hybridized carbons (Fsp3) is 0.438. The fourth-order valence-corrected chi connectivity index (χ4v) is 2.26. The summed E-state index contributed by atoms with van der Waals surface area (Å²) in [7, 11) is 0. The van der Waals surface area contributed by atoms with Crippen LogP contribution < -0.4 is 4.90 Å². The van der Waals surface area contributed by atoms with Crippen LogP contribution in [0.1, 0.15) is 38.5 Å². The Balaban J connectivity index is 2.52. The predicted octanol–water partition coefficient (Wildman–Crippen LogP) is 2.53. The first-order valence-corrected chi connectivity index (χ1v) is 7.29. The molecule has 1 rings (SSSR count). The lowest BCUT2D eigenvalue weighted by atomic mass is 10.0. The van der Waals surface area contributed by atoms with Crippen molar-refractivity contribution in [1.29, 1.82) is 0 Å². The van der Waals surface area contributed by atoms with Crippen LogP contribution in [0, 0.1) is 0 Å². The van der Waals surface area contributed by atoms with Crippen LogP contribution in [-0.2, 0) is 14.4 Å². The highest BCUT2D eigenvalue weighted by Gasteiger charge is 2.25. The molecule has 0 heterocycles. The SMILES string of the molecule is O=CN(c1ccccc1)C(CCCCCCC(=O)O)C(=O)O. The van der Waals surface area contributed by atoms with E-state index in [4.69, 9.17) is 5.11 Å². The van der Waals surface area contributed by atoms with Crippen LogP contribution in [0.25, 0.3) is 0 Å². The summed E-state index contributed by atoms with van der Waals surface area (Å²) in [6.45, 7) is 0. The molecule has 120 valence electrons. The van der Waals surface area contributed by atoms with Crippen LogP contribution in [0.15, 0.2) is 30.3 Å². The molecule has 6 nitrogen and oxygen atoms in total. The average Bonchev–Trinajstić information content (AvgIpc) is 2.50. The number of carboxylic acids is 2. The first-order chi connectivity index (χ1) is 10.6. The molecule has 1 atom stereocenters. The van der Waals surface area contributed by atoms with Crippen LogP contribution in [0.2, 0.25) is 0 Å². The normalized spacial score (nSPS) is 11.6. The number of hydrogen-bond acceptors (Lipinski definition) is 3.